The Hall–Kier alpha value is -1.34. The Morgan fingerprint density at radius 3 is 2.19 bits per heavy atom. The van der Waals surface area contributed by atoms with Crippen LogP contribution < -0.4 is 5.32 Å². The van der Waals surface area contributed by atoms with Gasteiger partial charge in [-0.05, 0) is 43.6 Å². The van der Waals surface area contributed by atoms with E-state index in [-0.39, 0.29) is 24.2 Å². The van der Waals surface area contributed by atoms with Gasteiger partial charge in [0, 0.05) is 38.3 Å². The number of nitrogens with zero attached hydrogens (tertiary/aromatic N) is 2. The highest BCUT2D eigenvalue weighted by Gasteiger charge is 2.43. The number of nitrogens with one attached hydrogen (secondary N) is 1. The summed E-state index contributed by atoms with van der Waals surface area (Å²) in [7, 11) is 1.62. The lowest BCUT2D eigenvalue weighted by molar-refractivity contribution is -0.161. The molecule has 3 rings (SSSR count). The molecule has 2 heterocycles. The SMILES string of the molecule is COC1(C(=O)N2CCN(C(=O)Cc3ccc(Cl)cc3)CC2)CCNCC1.Cl. The quantitative estimate of drug-likeness (QED) is 0.813. The number of rotatable bonds is 4. The van der Waals surface area contributed by atoms with Crippen molar-refractivity contribution in [3.05, 3.63) is 34.9 Å². The van der Waals surface area contributed by atoms with Crippen LogP contribution in [-0.2, 0) is 20.7 Å². The molecule has 150 valence electrons. The van der Waals surface area contributed by atoms with Gasteiger partial charge in [-0.25, -0.2) is 0 Å². The summed E-state index contributed by atoms with van der Waals surface area (Å²) in [6.45, 7) is 3.83. The van der Waals surface area contributed by atoms with E-state index >= 15 is 0 Å². The number of hydrogen-bond acceptors (Lipinski definition) is 4. The molecule has 6 nitrogen and oxygen atoms in total. The largest absolute Gasteiger partial charge is 0.368 e. The summed E-state index contributed by atoms with van der Waals surface area (Å²) in [5.41, 5.74) is 0.242. The topological polar surface area (TPSA) is 61.9 Å². The molecule has 0 radical (unpaired) electrons. The fraction of sp³-hybridized carbons (Fsp3) is 0.579. The third-order valence-electron chi connectivity index (χ3n) is 5.38. The highest BCUT2D eigenvalue weighted by atomic mass is 35.5. The van der Waals surface area contributed by atoms with Crippen LogP contribution in [0.25, 0.3) is 0 Å². The summed E-state index contributed by atoms with van der Waals surface area (Å²) in [6, 6.07) is 7.34. The monoisotopic (exact) mass is 415 g/mol. The van der Waals surface area contributed by atoms with E-state index < -0.39 is 5.60 Å². The number of amides is 2. The minimum Gasteiger partial charge on any atom is -0.368 e. The van der Waals surface area contributed by atoms with E-state index in [0.717, 1.165) is 18.7 Å². The predicted octanol–water partition coefficient (Wildman–Crippen LogP) is 1.74. The van der Waals surface area contributed by atoms with Crippen LogP contribution in [0.2, 0.25) is 5.02 Å². The van der Waals surface area contributed by atoms with Crippen LogP contribution in [0, 0.1) is 0 Å². The van der Waals surface area contributed by atoms with Gasteiger partial charge in [-0.3, -0.25) is 9.59 Å². The highest BCUT2D eigenvalue weighted by molar-refractivity contribution is 6.30. The smallest absolute Gasteiger partial charge is 0.255 e. The summed E-state index contributed by atoms with van der Waals surface area (Å²) in [5.74, 6) is 0.147. The average Bonchev–Trinajstić information content (AvgIpc) is 2.69. The van der Waals surface area contributed by atoms with Gasteiger partial charge in [-0.1, -0.05) is 23.7 Å². The zero-order valence-corrected chi connectivity index (χ0v) is 17.2. The Morgan fingerprint density at radius 2 is 1.63 bits per heavy atom. The number of carbonyl (C=O) groups excluding carboxylic acids is 2. The number of piperidine rings is 1. The second kappa shape index (κ2) is 9.73. The lowest BCUT2D eigenvalue weighted by Crippen LogP contribution is -2.59. The summed E-state index contributed by atoms with van der Waals surface area (Å²) in [6.07, 6.45) is 1.74. The molecule has 1 aromatic carbocycles. The van der Waals surface area contributed by atoms with E-state index in [9.17, 15) is 9.59 Å². The van der Waals surface area contributed by atoms with Crippen LogP contribution in [-0.4, -0.2) is 73.6 Å². The number of methoxy groups -OCH3 is 1. The summed E-state index contributed by atoms with van der Waals surface area (Å²) in [4.78, 5) is 29.2. The van der Waals surface area contributed by atoms with Crippen molar-refractivity contribution in [2.45, 2.75) is 24.9 Å². The first-order valence-electron chi connectivity index (χ1n) is 9.11. The van der Waals surface area contributed by atoms with Crippen molar-refractivity contribution in [3.63, 3.8) is 0 Å². The maximum absolute atomic E-state index is 13.0. The molecule has 0 spiro atoms. The van der Waals surface area contributed by atoms with Crippen molar-refractivity contribution in [3.8, 4) is 0 Å². The summed E-state index contributed by atoms with van der Waals surface area (Å²) >= 11 is 5.88. The molecule has 0 bridgehead atoms. The lowest BCUT2D eigenvalue weighted by Gasteiger charge is -2.42. The zero-order chi connectivity index (χ0) is 18.6. The van der Waals surface area contributed by atoms with Gasteiger partial charge in [-0.15, -0.1) is 12.4 Å². The summed E-state index contributed by atoms with van der Waals surface area (Å²) < 4.78 is 5.63. The molecule has 0 aromatic heterocycles. The number of halogens is 2. The Balaban J connectivity index is 0.00000261. The van der Waals surface area contributed by atoms with E-state index in [0.29, 0.717) is 50.5 Å². The number of benzene rings is 1. The predicted molar refractivity (Wildman–Crippen MR) is 107 cm³/mol. The standard InChI is InChI=1S/C19H26ClN3O3.ClH/c1-26-19(6-8-21-9-7-19)18(25)23-12-10-22(11-13-23)17(24)14-15-2-4-16(20)5-3-15;/h2-5,21H,6-14H2,1H3;1H. The molecule has 2 aliphatic heterocycles. The molecule has 2 saturated heterocycles. The van der Waals surface area contributed by atoms with E-state index in [2.05, 4.69) is 5.32 Å². The van der Waals surface area contributed by atoms with Crippen LogP contribution in [0.3, 0.4) is 0 Å². The van der Waals surface area contributed by atoms with E-state index in [1.807, 2.05) is 21.9 Å². The van der Waals surface area contributed by atoms with Crippen LogP contribution in [0.15, 0.2) is 24.3 Å². The van der Waals surface area contributed by atoms with Gasteiger partial charge in [-0.2, -0.15) is 0 Å². The molecule has 0 atom stereocenters. The molecule has 0 unspecified atom stereocenters. The normalized spacial score (nSPS) is 19.3. The second-order valence-electron chi connectivity index (χ2n) is 6.92. The molecule has 2 aliphatic rings. The van der Waals surface area contributed by atoms with Gasteiger partial charge in [0.1, 0.15) is 5.60 Å². The van der Waals surface area contributed by atoms with Gasteiger partial charge < -0.3 is 19.9 Å². The Kier molecular flexibility index (Phi) is 7.91. The molecule has 8 heteroatoms. The van der Waals surface area contributed by atoms with Crippen molar-refractivity contribution < 1.29 is 14.3 Å². The average molecular weight is 416 g/mol. The molecular formula is C19H27Cl2N3O3. The minimum atomic E-state index is -0.708. The minimum absolute atomic E-state index is 0. The highest BCUT2D eigenvalue weighted by Crippen LogP contribution is 2.26. The molecular weight excluding hydrogens is 389 g/mol. The van der Waals surface area contributed by atoms with Gasteiger partial charge in [0.25, 0.3) is 5.91 Å². The molecule has 0 aliphatic carbocycles. The second-order valence-corrected chi connectivity index (χ2v) is 7.36. The zero-order valence-electron chi connectivity index (χ0n) is 15.6. The Labute approximate surface area is 171 Å². The molecule has 2 amide bonds. The first kappa shape index (κ1) is 22.0. The van der Waals surface area contributed by atoms with Crippen molar-refractivity contribution in [1.29, 1.82) is 0 Å². The third-order valence-corrected chi connectivity index (χ3v) is 5.63. The fourth-order valence-corrected chi connectivity index (χ4v) is 3.80. The molecule has 27 heavy (non-hydrogen) atoms. The fourth-order valence-electron chi connectivity index (χ4n) is 3.67. The van der Waals surface area contributed by atoms with Crippen molar-refractivity contribution in [1.82, 2.24) is 15.1 Å². The maximum Gasteiger partial charge on any atom is 0.255 e. The molecule has 1 N–H and O–H groups in total. The maximum atomic E-state index is 13.0. The number of hydrogen-bond donors (Lipinski definition) is 1. The number of piperazine rings is 1. The molecule has 1 aromatic rings. The van der Waals surface area contributed by atoms with Gasteiger partial charge >= 0.3 is 0 Å². The van der Waals surface area contributed by atoms with E-state index in [1.54, 1.807) is 19.2 Å². The van der Waals surface area contributed by atoms with Crippen LogP contribution in [0.5, 0.6) is 0 Å². The van der Waals surface area contributed by atoms with Gasteiger partial charge in [0.05, 0.1) is 6.42 Å². The third kappa shape index (κ3) is 5.13. The van der Waals surface area contributed by atoms with Crippen molar-refractivity contribution >= 4 is 35.8 Å². The Morgan fingerprint density at radius 1 is 1.07 bits per heavy atom. The molecule has 0 saturated carbocycles. The van der Waals surface area contributed by atoms with Crippen molar-refractivity contribution in [2.75, 3.05) is 46.4 Å². The van der Waals surface area contributed by atoms with E-state index in [1.165, 1.54) is 0 Å². The first-order chi connectivity index (χ1) is 12.5. The molecule has 2 fully saturated rings. The Bertz CT molecular complexity index is 640. The van der Waals surface area contributed by atoms with Crippen LogP contribution in [0.4, 0.5) is 0 Å². The van der Waals surface area contributed by atoms with Gasteiger partial charge in [0.15, 0.2) is 0 Å². The van der Waals surface area contributed by atoms with Gasteiger partial charge in [0.2, 0.25) is 5.91 Å². The van der Waals surface area contributed by atoms with E-state index in [4.69, 9.17) is 16.3 Å². The summed E-state index contributed by atoms with van der Waals surface area (Å²) in [5, 5.41) is 3.93. The number of carbonyl (C=O) groups is 2. The number of ether oxygens (including phenoxy) is 1. The van der Waals surface area contributed by atoms with Crippen LogP contribution >= 0.6 is 24.0 Å². The first-order valence-corrected chi connectivity index (χ1v) is 9.49. The van der Waals surface area contributed by atoms with Crippen LogP contribution in [0.1, 0.15) is 18.4 Å². The van der Waals surface area contributed by atoms with Crippen molar-refractivity contribution in [2.24, 2.45) is 0 Å². The lowest BCUT2D eigenvalue weighted by atomic mass is 9.90.